The lowest BCUT2D eigenvalue weighted by atomic mass is 9.88. The molecule has 2 aromatic heterocycles. The maximum atomic E-state index is 11.7. The van der Waals surface area contributed by atoms with Crippen LogP contribution in [0, 0.1) is 5.41 Å². The molecule has 1 N–H and O–H groups in total. The Bertz CT molecular complexity index is 657. The summed E-state index contributed by atoms with van der Waals surface area (Å²) in [7, 11) is 1.91. The number of aliphatic carboxylic acids is 1. The van der Waals surface area contributed by atoms with Crippen LogP contribution in [0.1, 0.15) is 25.8 Å². The van der Waals surface area contributed by atoms with Gasteiger partial charge < -0.3 is 9.67 Å². The van der Waals surface area contributed by atoms with Crippen LogP contribution in [0.5, 0.6) is 0 Å². The Morgan fingerprint density at radius 1 is 1.50 bits per heavy atom. The molecule has 4 heteroatoms. The largest absolute Gasteiger partial charge is 0.481 e. The molecule has 1 fully saturated rings. The molecule has 0 aromatic carbocycles. The summed E-state index contributed by atoms with van der Waals surface area (Å²) in [5.41, 5.74) is 0.791. The van der Waals surface area contributed by atoms with Crippen LogP contribution in [-0.4, -0.2) is 20.6 Å². The Hall–Kier alpha value is -1.84. The van der Waals surface area contributed by atoms with Crippen LogP contribution < -0.4 is 0 Å². The number of hydrogen-bond acceptors (Lipinski definition) is 2. The Kier molecular flexibility index (Phi) is 1.96. The van der Waals surface area contributed by atoms with Gasteiger partial charge in [-0.2, -0.15) is 0 Å². The van der Waals surface area contributed by atoms with Crippen molar-refractivity contribution in [2.24, 2.45) is 12.5 Å². The first-order valence-corrected chi connectivity index (χ1v) is 6.04. The van der Waals surface area contributed by atoms with Crippen LogP contribution in [0.4, 0.5) is 0 Å². The summed E-state index contributed by atoms with van der Waals surface area (Å²) in [5, 5.41) is 10.6. The lowest BCUT2D eigenvalue weighted by molar-refractivity contribution is -0.141. The second kappa shape index (κ2) is 3.13. The highest BCUT2D eigenvalue weighted by Gasteiger charge is 2.68. The molecule has 4 nitrogen and oxygen atoms in total. The van der Waals surface area contributed by atoms with Crippen LogP contribution in [0.25, 0.3) is 11.0 Å². The zero-order chi connectivity index (χ0) is 13.1. The fraction of sp³-hybridized carbons (Fsp3) is 0.429. The van der Waals surface area contributed by atoms with Gasteiger partial charge >= 0.3 is 5.97 Å². The predicted molar refractivity (Wildman–Crippen MR) is 68.4 cm³/mol. The van der Waals surface area contributed by atoms with Gasteiger partial charge in [0.05, 0.1) is 0 Å². The van der Waals surface area contributed by atoms with E-state index in [9.17, 15) is 9.90 Å². The molecule has 0 aliphatic heterocycles. The van der Waals surface area contributed by atoms with Crippen LogP contribution in [0.3, 0.4) is 0 Å². The molecular weight excluding hydrogens is 228 g/mol. The quantitative estimate of drug-likeness (QED) is 0.882. The van der Waals surface area contributed by atoms with E-state index in [0.717, 1.165) is 16.6 Å². The SMILES string of the molecule is Cn1cc(C2(C(=O)O)CC2(C)C)c2cccnc21. The van der Waals surface area contributed by atoms with Gasteiger partial charge in [-0.25, -0.2) is 4.98 Å². The highest BCUT2D eigenvalue weighted by atomic mass is 16.4. The zero-order valence-corrected chi connectivity index (χ0v) is 10.8. The highest BCUT2D eigenvalue weighted by molar-refractivity contribution is 5.94. The molecular formula is C14H16N2O2. The van der Waals surface area contributed by atoms with Crippen LogP contribution in [0.15, 0.2) is 24.5 Å². The van der Waals surface area contributed by atoms with Gasteiger partial charge in [-0.1, -0.05) is 13.8 Å². The molecule has 2 heterocycles. The van der Waals surface area contributed by atoms with Gasteiger partial charge in [0.15, 0.2) is 0 Å². The van der Waals surface area contributed by atoms with Gasteiger partial charge in [0.25, 0.3) is 0 Å². The van der Waals surface area contributed by atoms with Crippen molar-refractivity contribution >= 4 is 17.0 Å². The third-order valence-electron chi connectivity index (χ3n) is 4.30. The number of rotatable bonds is 2. The van der Waals surface area contributed by atoms with Crippen molar-refractivity contribution in [2.75, 3.05) is 0 Å². The molecule has 1 aliphatic carbocycles. The average molecular weight is 244 g/mol. The summed E-state index contributed by atoms with van der Waals surface area (Å²) in [5.74, 6) is -0.733. The van der Waals surface area contributed by atoms with Crippen LogP contribution in [0.2, 0.25) is 0 Å². The van der Waals surface area contributed by atoms with Gasteiger partial charge in [-0.05, 0) is 29.5 Å². The van der Waals surface area contributed by atoms with E-state index < -0.39 is 11.4 Å². The fourth-order valence-corrected chi connectivity index (χ4v) is 3.11. The Balaban J connectivity index is 2.31. The third kappa shape index (κ3) is 1.15. The lowest BCUT2D eigenvalue weighted by Crippen LogP contribution is -2.25. The first kappa shape index (κ1) is 11.3. The van der Waals surface area contributed by atoms with Gasteiger partial charge in [-0.3, -0.25) is 4.79 Å². The van der Waals surface area contributed by atoms with E-state index in [2.05, 4.69) is 4.98 Å². The van der Waals surface area contributed by atoms with Crippen molar-refractivity contribution < 1.29 is 9.90 Å². The van der Waals surface area contributed by atoms with E-state index in [0.29, 0.717) is 6.42 Å². The molecule has 0 bridgehead atoms. The molecule has 0 saturated heterocycles. The van der Waals surface area contributed by atoms with Crippen LogP contribution >= 0.6 is 0 Å². The molecule has 18 heavy (non-hydrogen) atoms. The number of aromatic nitrogens is 2. The fourth-order valence-electron chi connectivity index (χ4n) is 3.11. The van der Waals surface area contributed by atoms with Crippen molar-refractivity contribution in [2.45, 2.75) is 25.7 Å². The lowest BCUT2D eigenvalue weighted by Gasteiger charge is -2.14. The summed E-state index contributed by atoms with van der Waals surface area (Å²) in [6.45, 7) is 4.02. The smallest absolute Gasteiger partial charge is 0.314 e. The third-order valence-corrected chi connectivity index (χ3v) is 4.30. The Labute approximate surface area is 105 Å². The molecule has 1 unspecified atom stereocenters. The maximum absolute atomic E-state index is 11.7. The Morgan fingerprint density at radius 2 is 2.17 bits per heavy atom. The van der Waals surface area contributed by atoms with Crippen molar-refractivity contribution in [3.63, 3.8) is 0 Å². The summed E-state index contributed by atoms with van der Waals surface area (Å²) < 4.78 is 1.91. The molecule has 1 atom stereocenters. The molecule has 3 rings (SSSR count). The topological polar surface area (TPSA) is 55.1 Å². The number of carboxylic acids is 1. The number of fused-ring (bicyclic) bond motifs is 1. The number of nitrogens with zero attached hydrogens (tertiary/aromatic N) is 2. The number of pyridine rings is 1. The second-order valence-corrected chi connectivity index (χ2v) is 5.80. The van der Waals surface area contributed by atoms with E-state index in [-0.39, 0.29) is 5.41 Å². The van der Waals surface area contributed by atoms with Crippen molar-refractivity contribution in [3.05, 3.63) is 30.1 Å². The number of aryl methyl sites for hydroxylation is 1. The van der Waals surface area contributed by atoms with Crippen molar-refractivity contribution in [1.82, 2.24) is 9.55 Å². The summed E-state index contributed by atoms with van der Waals surface area (Å²) in [6, 6.07) is 3.81. The van der Waals surface area contributed by atoms with E-state index in [4.69, 9.17) is 0 Å². The normalized spacial score (nSPS) is 25.3. The first-order chi connectivity index (χ1) is 8.40. The second-order valence-electron chi connectivity index (χ2n) is 5.80. The minimum Gasteiger partial charge on any atom is -0.481 e. The summed E-state index contributed by atoms with van der Waals surface area (Å²) in [6.07, 6.45) is 4.33. The van der Waals surface area contributed by atoms with E-state index in [1.54, 1.807) is 6.20 Å². The molecule has 94 valence electrons. The standard InChI is InChI=1S/C14H16N2O2/c1-13(2)8-14(13,12(17)18)10-7-16(3)11-9(10)5-4-6-15-11/h4-7H,8H2,1-3H3,(H,17,18). The van der Waals surface area contributed by atoms with Gasteiger partial charge in [-0.15, -0.1) is 0 Å². The first-order valence-electron chi connectivity index (χ1n) is 6.04. The van der Waals surface area contributed by atoms with Gasteiger partial charge in [0.2, 0.25) is 0 Å². The molecule has 2 aromatic rings. The number of carbonyl (C=O) groups is 1. The average Bonchev–Trinajstić information content (AvgIpc) is 2.74. The van der Waals surface area contributed by atoms with Gasteiger partial charge in [0, 0.05) is 24.8 Å². The van der Waals surface area contributed by atoms with Crippen molar-refractivity contribution in [3.8, 4) is 0 Å². The minimum absolute atomic E-state index is 0.192. The maximum Gasteiger partial charge on any atom is 0.314 e. The van der Waals surface area contributed by atoms with E-state index >= 15 is 0 Å². The Morgan fingerprint density at radius 3 is 2.72 bits per heavy atom. The highest BCUT2D eigenvalue weighted by Crippen LogP contribution is 2.65. The minimum atomic E-state index is -0.754. The molecule has 1 aliphatic rings. The number of carboxylic acid groups (broad SMARTS) is 1. The summed E-state index contributed by atoms with van der Waals surface area (Å²) >= 11 is 0. The molecule has 0 radical (unpaired) electrons. The zero-order valence-electron chi connectivity index (χ0n) is 10.8. The van der Waals surface area contributed by atoms with Gasteiger partial charge in [0.1, 0.15) is 11.1 Å². The predicted octanol–water partition coefficient (Wildman–Crippen LogP) is 2.33. The molecule has 0 amide bonds. The van der Waals surface area contributed by atoms with Crippen LogP contribution in [-0.2, 0) is 17.3 Å². The summed E-state index contributed by atoms with van der Waals surface area (Å²) in [4.78, 5) is 16.0. The molecule has 0 spiro atoms. The monoisotopic (exact) mass is 244 g/mol. The molecule has 1 saturated carbocycles. The van der Waals surface area contributed by atoms with E-state index in [1.165, 1.54) is 0 Å². The number of hydrogen-bond donors (Lipinski definition) is 1. The van der Waals surface area contributed by atoms with Crippen molar-refractivity contribution in [1.29, 1.82) is 0 Å². The van der Waals surface area contributed by atoms with E-state index in [1.807, 2.05) is 43.8 Å².